The van der Waals surface area contributed by atoms with Crippen LogP contribution in [0.5, 0.6) is 0 Å². The summed E-state index contributed by atoms with van der Waals surface area (Å²) in [7, 11) is 0. The molecule has 0 heterocycles. The van der Waals surface area contributed by atoms with Crippen LogP contribution in [0.2, 0.25) is 0 Å². The zero-order valence-electron chi connectivity index (χ0n) is 11.3. The maximum absolute atomic E-state index is 13.2. The number of aliphatic hydroxyl groups is 1. The Balaban J connectivity index is 2.16. The number of halogens is 4. The van der Waals surface area contributed by atoms with Gasteiger partial charge in [-0.1, -0.05) is 18.2 Å². The van der Waals surface area contributed by atoms with Gasteiger partial charge in [-0.05, 0) is 47.9 Å². The van der Waals surface area contributed by atoms with Crippen LogP contribution in [0, 0.1) is 12.7 Å². The van der Waals surface area contributed by atoms with Crippen LogP contribution >= 0.6 is 0 Å². The predicted molar refractivity (Wildman–Crippen MR) is 71.2 cm³/mol. The highest BCUT2D eigenvalue weighted by Gasteiger charge is 2.30. The Labute approximate surface area is 119 Å². The van der Waals surface area contributed by atoms with E-state index < -0.39 is 23.7 Å². The first-order valence-electron chi connectivity index (χ1n) is 6.37. The highest BCUT2D eigenvalue weighted by molar-refractivity contribution is 5.31. The average molecular weight is 298 g/mol. The van der Waals surface area contributed by atoms with Gasteiger partial charge in [0.05, 0.1) is 11.7 Å². The van der Waals surface area contributed by atoms with E-state index in [1.807, 2.05) is 0 Å². The number of hydrogen-bond acceptors (Lipinski definition) is 1. The van der Waals surface area contributed by atoms with Gasteiger partial charge in [-0.3, -0.25) is 0 Å². The number of rotatable bonds is 3. The topological polar surface area (TPSA) is 20.2 Å². The van der Waals surface area contributed by atoms with Crippen LogP contribution in [-0.2, 0) is 12.6 Å². The minimum Gasteiger partial charge on any atom is -0.388 e. The molecular weight excluding hydrogens is 284 g/mol. The number of aliphatic hydroxyl groups excluding tert-OH is 1. The predicted octanol–water partition coefficient (Wildman–Crippen LogP) is 4.43. The monoisotopic (exact) mass is 298 g/mol. The number of aryl methyl sites for hydroxylation is 1. The summed E-state index contributed by atoms with van der Waals surface area (Å²) in [6.07, 6.45) is -5.21. The number of alkyl halides is 3. The lowest BCUT2D eigenvalue weighted by Gasteiger charge is -2.14. The molecule has 0 aromatic heterocycles. The van der Waals surface area contributed by atoms with Gasteiger partial charge in [0.2, 0.25) is 0 Å². The van der Waals surface area contributed by atoms with Crippen LogP contribution in [0.25, 0.3) is 0 Å². The summed E-state index contributed by atoms with van der Waals surface area (Å²) >= 11 is 0. The fourth-order valence-corrected chi connectivity index (χ4v) is 2.13. The van der Waals surface area contributed by atoms with E-state index in [2.05, 4.69) is 0 Å². The Bertz CT molecular complexity index is 617. The second-order valence-corrected chi connectivity index (χ2v) is 4.92. The van der Waals surface area contributed by atoms with Gasteiger partial charge in [0.15, 0.2) is 0 Å². The van der Waals surface area contributed by atoms with Crippen LogP contribution in [-0.4, -0.2) is 5.11 Å². The highest BCUT2D eigenvalue weighted by Crippen LogP contribution is 2.30. The van der Waals surface area contributed by atoms with Gasteiger partial charge < -0.3 is 5.11 Å². The first kappa shape index (κ1) is 15.5. The van der Waals surface area contributed by atoms with E-state index in [1.165, 1.54) is 24.3 Å². The first-order chi connectivity index (χ1) is 9.77. The zero-order valence-corrected chi connectivity index (χ0v) is 11.3. The van der Waals surface area contributed by atoms with E-state index in [-0.39, 0.29) is 6.42 Å². The van der Waals surface area contributed by atoms with Crippen molar-refractivity contribution < 1.29 is 22.7 Å². The lowest BCUT2D eigenvalue weighted by atomic mass is 9.97. The lowest BCUT2D eigenvalue weighted by molar-refractivity contribution is -0.137. The Morgan fingerprint density at radius 2 is 1.67 bits per heavy atom. The molecule has 0 spiro atoms. The summed E-state index contributed by atoms with van der Waals surface area (Å²) in [4.78, 5) is 0. The summed E-state index contributed by atoms with van der Waals surface area (Å²) in [6, 6.07) is 8.68. The van der Waals surface area contributed by atoms with E-state index in [0.717, 1.165) is 17.7 Å². The fraction of sp³-hybridized carbons (Fsp3) is 0.250. The van der Waals surface area contributed by atoms with Crippen molar-refractivity contribution in [2.75, 3.05) is 0 Å². The van der Waals surface area contributed by atoms with Gasteiger partial charge in [-0.25, -0.2) is 4.39 Å². The maximum atomic E-state index is 13.2. The van der Waals surface area contributed by atoms with Gasteiger partial charge in [0.1, 0.15) is 5.82 Å². The van der Waals surface area contributed by atoms with Gasteiger partial charge in [-0.15, -0.1) is 0 Å². The molecule has 2 aromatic rings. The van der Waals surface area contributed by atoms with Gasteiger partial charge in [-0.2, -0.15) is 13.2 Å². The van der Waals surface area contributed by atoms with E-state index in [4.69, 9.17) is 0 Å². The molecule has 0 saturated carbocycles. The fourth-order valence-electron chi connectivity index (χ4n) is 2.13. The second-order valence-electron chi connectivity index (χ2n) is 4.92. The molecule has 0 aliphatic heterocycles. The lowest BCUT2D eigenvalue weighted by Crippen LogP contribution is -2.07. The van der Waals surface area contributed by atoms with Crippen molar-refractivity contribution in [2.45, 2.75) is 25.6 Å². The molecule has 0 radical (unpaired) electrons. The van der Waals surface area contributed by atoms with Crippen LogP contribution in [0.1, 0.15) is 28.4 Å². The molecule has 112 valence electrons. The smallest absolute Gasteiger partial charge is 0.388 e. The van der Waals surface area contributed by atoms with Crippen molar-refractivity contribution in [1.29, 1.82) is 0 Å². The molecule has 0 bridgehead atoms. The standard InChI is InChI=1S/C16H14F4O/c1-10-2-7-13(17)9-14(10)15(21)8-11-3-5-12(6-4-11)16(18,19)20/h2-7,9,15,21H,8H2,1H3. The normalized spacial score (nSPS) is 13.2. The third-order valence-electron chi connectivity index (χ3n) is 3.31. The molecule has 0 aliphatic rings. The molecule has 0 aliphatic carbocycles. The molecule has 2 rings (SSSR count). The van der Waals surface area contributed by atoms with Crippen molar-refractivity contribution in [3.05, 3.63) is 70.5 Å². The zero-order chi connectivity index (χ0) is 15.6. The summed E-state index contributed by atoms with van der Waals surface area (Å²) in [5.41, 5.74) is 0.993. The summed E-state index contributed by atoms with van der Waals surface area (Å²) in [6.45, 7) is 1.74. The van der Waals surface area contributed by atoms with Crippen LogP contribution < -0.4 is 0 Å². The molecule has 1 nitrogen and oxygen atoms in total. The third-order valence-corrected chi connectivity index (χ3v) is 3.31. The Hall–Kier alpha value is -1.88. The first-order valence-corrected chi connectivity index (χ1v) is 6.37. The van der Waals surface area contributed by atoms with Crippen LogP contribution in [0.3, 0.4) is 0 Å². The second kappa shape index (κ2) is 5.85. The Morgan fingerprint density at radius 3 is 2.24 bits per heavy atom. The summed E-state index contributed by atoms with van der Waals surface area (Å²) in [5, 5.41) is 10.1. The molecule has 2 aromatic carbocycles. The van der Waals surface area contributed by atoms with Crippen molar-refractivity contribution in [3.8, 4) is 0 Å². The average Bonchev–Trinajstić information content (AvgIpc) is 2.41. The number of hydrogen-bond donors (Lipinski definition) is 1. The molecule has 1 atom stereocenters. The SMILES string of the molecule is Cc1ccc(F)cc1C(O)Cc1ccc(C(F)(F)F)cc1. The van der Waals surface area contributed by atoms with E-state index in [0.29, 0.717) is 11.1 Å². The van der Waals surface area contributed by atoms with Crippen molar-refractivity contribution in [3.63, 3.8) is 0 Å². The minimum absolute atomic E-state index is 0.127. The van der Waals surface area contributed by atoms with Gasteiger partial charge >= 0.3 is 6.18 Å². The van der Waals surface area contributed by atoms with Crippen LogP contribution in [0.4, 0.5) is 17.6 Å². The van der Waals surface area contributed by atoms with Crippen LogP contribution in [0.15, 0.2) is 42.5 Å². The van der Waals surface area contributed by atoms with E-state index >= 15 is 0 Å². The molecule has 0 fully saturated rings. The largest absolute Gasteiger partial charge is 0.416 e. The molecule has 0 amide bonds. The maximum Gasteiger partial charge on any atom is 0.416 e. The van der Waals surface area contributed by atoms with E-state index in [9.17, 15) is 22.7 Å². The van der Waals surface area contributed by atoms with E-state index in [1.54, 1.807) is 13.0 Å². The molecule has 21 heavy (non-hydrogen) atoms. The van der Waals surface area contributed by atoms with Gasteiger partial charge in [0.25, 0.3) is 0 Å². The molecule has 1 unspecified atom stereocenters. The molecular formula is C16H14F4O. The van der Waals surface area contributed by atoms with Crippen molar-refractivity contribution >= 4 is 0 Å². The highest BCUT2D eigenvalue weighted by atomic mass is 19.4. The molecule has 0 saturated heterocycles. The summed E-state index contributed by atoms with van der Waals surface area (Å²) in [5.74, 6) is -0.456. The van der Waals surface area contributed by atoms with Crippen molar-refractivity contribution in [1.82, 2.24) is 0 Å². The Morgan fingerprint density at radius 1 is 1.05 bits per heavy atom. The number of benzene rings is 2. The van der Waals surface area contributed by atoms with Crippen molar-refractivity contribution in [2.24, 2.45) is 0 Å². The molecule has 5 heteroatoms. The van der Waals surface area contributed by atoms with Gasteiger partial charge in [0, 0.05) is 6.42 Å². The Kier molecular flexibility index (Phi) is 4.32. The molecule has 1 N–H and O–H groups in total. The quantitative estimate of drug-likeness (QED) is 0.831. The third kappa shape index (κ3) is 3.82. The summed E-state index contributed by atoms with van der Waals surface area (Å²) < 4.78 is 50.6. The minimum atomic E-state index is -4.38.